The molecule has 1 aromatic carbocycles. The van der Waals surface area contributed by atoms with E-state index in [4.69, 9.17) is 9.79 Å². The highest BCUT2D eigenvalue weighted by Gasteiger charge is 2.52. The third-order valence-corrected chi connectivity index (χ3v) is 11.9. The van der Waals surface area contributed by atoms with Gasteiger partial charge in [0.1, 0.15) is 12.1 Å². The Morgan fingerprint density at radius 1 is 1.04 bits per heavy atom. The third kappa shape index (κ3) is 5.80. The van der Waals surface area contributed by atoms with E-state index in [-0.39, 0.29) is 34.2 Å². The van der Waals surface area contributed by atoms with Gasteiger partial charge in [-0.3, -0.25) is 23.9 Å². The highest BCUT2D eigenvalue weighted by molar-refractivity contribution is 7.52. The molecule has 3 amide bonds. The van der Waals surface area contributed by atoms with Crippen molar-refractivity contribution in [3.8, 4) is 0 Å². The molecule has 5 heterocycles. The molecule has 2 aromatic heterocycles. The summed E-state index contributed by atoms with van der Waals surface area (Å²) in [4.78, 5) is 67.6. The van der Waals surface area contributed by atoms with Gasteiger partial charge in [0.05, 0.1) is 16.8 Å². The van der Waals surface area contributed by atoms with E-state index < -0.39 is 36.8 Å². The number of rotatable bonds is 7. The molecule has 6 atom stereocenters. The summed E-state index contributed by atoms with van der Waals surface area (Å²) < 4.78 is 40.4. The summed E-state index contributed by atoms with van der Waals surface area (Å²) in [6, 6.07) is 6.84. The molecule has 3 aromatic rings. The lowest BCUT2D eigenvalue weighted by molar-refractivity contribution is -0.143. The number of benzene rings is 1. The maximum absolute atomic E-state index is 14.3. The number of pyridine rings is 1. The Bertz CT molecular complexity index is 1740. The van der Waals surface area contributed by atoms with Crippen LogP contribution < -0.4 is 15.5 Å². The first-order valence-corrected chi connectivity index (χ1v) is 17.9. The van der Waals surface area contributed by atoms with Gasteiger partial charge >= 0.3 is 13.3 Å². The molecule has 244 valence electrons. The Hall–Kier alpha value is -3.45. The molecule has 4 N–H and O–H groups in total. The largest absolute Gasteiger partial charge is 0.399 e. The number of nitrogens with one attached hydrogen (secondary N) is 2. The predicted octanol–water partition coefficient (Wildman–Crippen LogP) is 3.81. The molecule has 11 nitrogen and oxygen atoms in total. The summed E-state index contributed by atoms with van der Waals surface area (Å²) in [6.07, 6.45) is 7.83. The van der Waals surface area contributed by atoms with Crippen LogP contribution in [-0.4, -0.2) is 74.6 Å². The lowest BCUT2D eigenvalue weighted by atomic mass is 9.99. The van der Waals surface area contributed by atoms with Gasteiger partial charge in [0, 0.05) is 41.6 Å². The number of hydrogen-bond acceptors (Lipinski definition) is 7. The maximum atomic E-state index is 14.3. The van der Waals surface area contributed by atoms with Crippen molar-refractivity contribution in [1.29, 1.82) is 0 Å². The Morgan fingerprint density at radius 3 is 2.61 bits per heavy atom. The van der Waals surface area contributed by atoms with E-state index in [9.17, 15) is 27.7 Å². The van der Waals surface area contributed by atoms with Gasteiger partial charge in [0.15, 0.2) is 0 Å². The van der Waals surface area contributed by atoms with Crippen LogP contribution in [0.15, 0.2) is 48.8 Å². The fourth-order valence-corrected chi connectivity index (χ4v) is 8.76. The summed E-state index contributed by atoms with van der Waals surface area (Å²) in [5, 5.41) is 6.28. The fraction of sp³-hybridized carbons (Fsp3) is 0.484. The predicted molar refractivity (Wildman–Crippen MR) is 167 cm³/mol. The molecule has 7 rings (SSSR count). The lowest BCUT2D eigenvalue weighted by Gasteiger charge is -2.35. The van der Waals surface area contributed by atoms with Gasteiger partial charge in [-0.15, -0.1) is 11.3 Å². The number of aromatic nitrogens is 1. The van der Waals surface area contributed by atoms with Crippen molar-refractivity contribution in [1.82, 2.24) is 20.5 Å². The first-order chi connectivity index (χ1) is 21.9. The van der Waals surface area contributed by atoms with E-state index in [1.807, 2.05) is 12.1 Å². The summed E-state index contributed by atoms with van der Waals surface area (Å²) in [5.74, 6) is -0.267. The summed E-state index contributed by atoms with van der Waals surface area (Å²) in [5.41, 5.74) is -4.22. The number of hydrogen-bond donors (Lipinski definition) is 4. The smallest absolute Gasteiger partial charge is 0.368 e. The van der Waals surface area contributed by atoms with E-state index in [0.717, 1.165) is 61.4 Å². The zero-order chi connectivity index (χ0) is 32.4. The average Bonchev–Trinajstić information content (AvgIpc) is 3.39. The zero-order valence-corrected chi connectivity index (χ0v) is 26.4. The molecule has 1 saturated carbocycles. The second-order valence-electron chi connectivity index (χ2n) is 12.8. The normalized spacial score (nSPS) is 28.0. The second kappa shape index (κ2) is 11.7. The van der Waals surface area contributed by atoms with Crippen molar-refractivity contribution in [2.75, 3.05) is 18.0 Å². The molecule has 4 aliphatic rings. The van der Waals surface area contributed by atoms with Gasteiger partial charge in [0.25, 0.3) is 5.91 Å². The van der Waals surface area contributed by atoms with E-state index >= 15 is 0 Å². The highest BCUT2D eigenvalue weighted by atomic mass is 32.1. The van der Waals surface area contributed by atoms with Crippen LogP contribution in [0.3, 0.4) is 0 Å². The Balaban J connectivity index is 1.06. The molecule has 15 heteroatoms. The minimum atomic E-state index is -5.75. The van der Waals surface area contributed by atoms with Gasteiger partial charge in [0.2, 0.25) is 11.8 Å². The van der Waals surface area contributed by atoms with Crippen LogP contribution in [0.1, 0.15) is 53.8 Å². The van der Waals surface area contributed by atoms with Gasteiger partial charge in [-0.25, -0.2) is 0 Å². The molecule has 0 radical (unpaired) electrons. The minimum Gasteiger partial charge on any atom is -0.368 e. The number of thiophene rings is 1. The first-order valence-electron chi connectivity index (χ1n) is 15.4. The van der Waals surface area contributed by atoms with Crippen molar-refractivity contribution in [2.24, 2.45) is 11.8 Å². The molecule has 1 aliphatic carbocycles. The first kappa shape index (κ1) is 31.2. The van der Waals surface area contributed by atoms with Gasteiger partial charge in [-0.1, -0.05) is 6.07 Å². The lowest BCUT2D eigenvalue weighted by Crippen LogP contribution is -2.57. The second-order valence-corrected chi connectivity index (χ2v) is 15.6. The molecule has 0 bridgehead atoms. The standard InChI is InChI=1S/C31H34F2N5O6PS/c32-31(33,45(42,43)44)20-3-6-26-19(11-20)14-27(46-26)29(40)36-24-13-18-10-17(18)12-22-4-5-25(38(22)30(24)41)28(39)35-21-7-9-37(16-21)23-2-1-8-34-15-23/h1-3,6,8,11,14-15,17-18,21-22,24-25H,4-5,7,9-10,12-13,16H2,(H,35,39)(H,36,40)(H2,42,43,44)/t17-,18+,21-,22-,24+,25+/m1/s1. The van der Waals surface area contributed by atoms with Crippen LogP contribution in [0.2, 0.25) is 0 Å². The number of halogens is 2. The topological polar surface area (TPSA) is 152 Å². The number of carbonyl (C=O) groups is 3. The van der Waals surface area contributed by atoms with Crippen LogP contribution in [0.4, 0.5) is 14.5 Å². The summed E-state index contributed by atoms with van der Waals surface area (Å²) >= 11 is 1.04. The molecular formula is C31H34F2N5O6PS. The molecule has 3 saturated heterocycles. The fourth-order valence-electron chi connectivity index (χ4n) is 7.34. The van der Waals surface area contributed by atoms with Crippen LogP contribution in [0.5, 0.6) is 0 Å². The van der Waals surface area contributed by atoms with Crippen molar-refractivity contribution in [3.63, 3.8) is 0 Å². The molecule has 0 spiro atoms. The monoisotopic (exact) mass is 673 g/mol. The highest BCUT2D eigenvalue weighted by Crippen LogP contribution is 2.59. The zero-order valence-electron chi connectivity index (χ0n) is 24.7. The third-order valence-electron chi connectivity index (χ3n) is 9.84. The van der Waals surface area contributed by atoms with E-state index in [0.29, 0.717) is 35.9 Å². The molecule has 3 aliphatic heterocycles. The van der Waals surface area contributed by atoms with Crippen molar-refractivity contribution < 1.29 is 37.5 Å². The number of alkyl halides is 2. The number of carbonyl (C=O) groups excluding carboxylic acids is 3. The van der Waals surface area contributed by atoms with Gasteiger partial charge in [-0.2, -0.15) is 8.78 Å². The Labute approximate surface area is 267 Å². The number of nitrogens with zero attached hydrogens (tertiary/aromatic N) is 3. The number of fused-ring (bicyclic) bond motifs is 3. The van der Waals surface area contributed by atoms with Crippen molar-refractivity contribution in [3.05, 3.63) is 59.2 Å². The van der Waals surface area contributed by atoms with Crippen molar-refractivity contribution in [2.45, 2.75) is 68.4 Å². The molecule has 0 unspecified atom stereocenters. The van der Waals surface area contributed by atoms with E-state index in [1.165, 1.54) is 12.1 Å². The average molecular weight is 674 g/mol. The summed E-state index contributed by atoms with van der Waals surface area (Å²) in [7, 11) is -5.75. The van der Waals surface area contributed by atoms with Crippen molar-refractivity contribution >= 4 is 52.4 Å². The molecular weight excluding hydrogens is 639 g/mol. The van der Waals surface area contributed by atoms with Crippen LogP contribution in [0, 0.1) is 11.8 Å². The van der Waals surface area contributed by atoms with E-state index in [2.05, 4.69) is 20.5 Å². The molecule has 46 heavy (non-hydrogen) atoms. The van der Waals surface area contributed by atoms with Gasteiger partial charge in [-0.05, 0) is 86.1 Å². The quantitative estimate of drug-likeness (QED) is 0.277. The summed E-state index contributed by atoms with van der Waals surface area (Å²) in [6.45, 7) is 1.44. The minimum absolute atomic E-state index is 0.0601. The Kier molecular flexibility index (Phi) is 7.90. The molecule has 4 fully saturated rings. The SMILES string of the molecule is O=C(N[C@H]1C[C@@H]2C[C@@H]2C[C@H]2CC[C@@H](C(=O)N[C@@H]3CCN(c4cccnc4)C3)N2C1=O)c1cc2cc(C(F)(F)P(=O)(O)O)ccc2s1. The van der Waals surface area contributed by atoms with Crippen LogP contribution in [0.25, 0.3) is 10.1 Å². The number of anilines is 1. The Morgan fingerprint density at radius 2 is 1.85 bits per heavy atom. The van der Waals surface area contributed by atoms with Crippen LogP contribution in [-0.2, 0) is 19.8 Å². The maximum Gasteiger partial charge on any atom is 0.399 e. The van der Waals surface area contributed by atoms with Gasteiger partial charge < -0.3 is 30.2 Å². The van der Waals surface area contributed by atoms with E-state index in [1.54, 1.807) is 17.3 Å². The number of amides is 3. The van der Waals surface area contributed by atoms with Crippen LogP contribution >= 0.6 is 18.9 Å².